The zero-order valence-electron chi connectivity index (χ0n) is 12.9. The number of halogens is 4. The van der Waals surface area contributed by atoms with Crippen molar-refractivity contribution in [3.63, 3.8) is 0 Å². The van der Waals surface area contributed by atoms with E-state index >= 15 is 0 Å². The third kappa shape index (κ3) is 2.12. The molecule has 0 saturated carbocycles. The second-order valence-corrected chi connectivity index (χ2v) is 5.51. The highest BCUT2D eigenvalue weighted by Crippen LogP contribution is 2.45. The molecule has 0 fully saturated rings. The summed E-state index contributed by atoms with van der Waals surface area (Å²) >= 11 is 0. The minimum Gasteiger partial charge on any atom is -0.254 e. The Kier molecular flexibility index (Phi) is 3.55. The van der Waals surface area contributed by atoms with Gasteiger partial charge in [-0.2, -0.15) is 5.26 Å². The Hall–Kier alpha value is -3.53. The molecule has 3 aromatic rings. The fraction of sp³-hybridized carbons (Fsp3) is 0. The van der Waals surface area contributed by atoms with Crippen LogP contribution in [0.4, 0.5) is 17.6 Å². The Bertz CT molecular complexity index is 1100. The van der Waals surface area contributed by atoms with Gasteiger partial charge in [-0.05, 0) is 18.2 Å². The minimum absolute atomic E-state index is 0.239. The molecule has 0 N–H and O–H groups in total. The number of benzene rings is 1. The molecular weight excluding hydrogens is 346 g/mol. The highest BCUT2D eigenvalue weighted by molar-refractivity contribution is 6.11. The molecule has 2 heterocycles. The number of fused-ring (bicyclic) bond motifs is 3. The number of nitriles is 1. The van der Waals surface area contributed by atoms with E-state index in [1.807, 2.05) is 0 Å². The molecule has 0 saturated heterocycles. The highest BCUT2D eigenvalue weighted by Gasteiger charge is 2.31. The van der Waals surface area contributed by atoms with E-state index in [2.05, 4.69) is 9.97 Å². The van der Waals surface area contributed by atoms with Gasteiger partial charge in [0.25, 0.3) is 0 Å². The third-order valence-electron chi connectivity index (χ3n) is 4.11. The van der Waals surface area contributed by atoms with Crippen LogP contribution in [0.15, 0.2) is 42.7 Å². The van der Waals surface area contributed by atoms with Gasteiger partial charge in [-0.3, -0.25) is 9.97 Å². The largest absolute Gasteiger partial charge is 0.254 e. The van der Waals surface area contributed by atoms with Gasteiger partial charge in [0.05, 0.1) is 17.0 Å². The van der Waals surface area contributed by atoms with Crippen LogP contribution < -0.4 is 0 Å². The highest BCUT2D eigenvalue weighted by atomic mass is 19.2. The monoisotopic (exact) mass is 353 g/mol. The molecule has 126 valence electrons. The van der Waals surface area contributed by atoms with Crippen LogP contribution in [0.2, 0.25) is 0 Å². The van der Waals surface area contributed by atoms with E-state index in [1.165, 1.54) is 12.4 Å². The van der Waals surface area contributed by atoms with Crippen molar-refractivity contribution in [2.45, 2.75) is 0 Å². The van der Waals surface area contributed by atoms with Crippen molar-refractivity contribution in [3.8, 4) is 17.5 Å². The van der Waals surface area contributed by atoms with Crippen LogP contribution in [-0.4, -0.2) is 9.97 Å². The number of nitrogens with zero attached hydrogens (tertiary/aromatic N) is 3. The van der Waals surface area contributed by atoms with Crippen molar-refractivity contribution in [1.82, 2.24) is 9.97 Å². The van der Waals surface area contributed by atoms with Crippen LogP contribution in [-0.2, 0) is 0 Å². The first-order chi connectivity index (χ1) is 12.5. The fourth-order valence-corrected chi connectivity index (χ4v) is 3.01. The first-order valence-electron chi connectivity index (χ1n) is 7.43. The summed E-state index contributed by atoms with van der Waals surface area (Å²) in [5.74, 6) is -7.10. The van der Waals surface area contributed by atoms with Gasteiger partial charge in [-0.25, -0.2) is 17.6 Å². The summed E-state index contributed by atoms with van der Waals surface area (Å²) in [5.41, 5.74) is 1.13. The summed E-state index contributed by atoms with van der Waals surface area (Å²) in [6.45, 7) is 0. The van der Waals surface area contributed by atoms with Crippen LogP contribution in [0.25, 0.3) is 22.5 Å². The van der Waals surface area contributed by atoms with E-state index in [4.69, 9.17) is 0 Å². The maximum atomic E-state index is 14.3. The average molecular weight is 353 g/mol. The molecule has 0 radical (unpaired) electrons. The second-order valence-electron chi connectivity index (χ2n) is 5.51. The molecule has 1 aliphatic carbocycles. The number of allylic oxidation sites excluding steroid dienone is 1. The quantitative estimate of drug-likeness (QED) is 0.219. The van der Waals surface area contributed by atoms with Crippen LogP contribution >= 0.6 is 0 Å². The summed E-state index contributed by atoms with van der Waals surface area (Å²) in [5, 5.41) is 9.61. The zero-order valence-corrected chi connectivity index (χ0v) is 12.9. The smallest absolute Gasteiger partial charge is 0.198 e. The molecule has 0 atom stereocenters. The summed E-state index contributed by atoms with van der Waals surface area (Å²) in [4.78, 5) is 8.45. The van der Waals surface area contributed by atoms with E-state index in [9.17, 15) is 22.8 Å². The number of hydrogen-bond donors (Lipinski definition) is 0. The summed E-state index contributed by atoms with van der Waals surface area (Å²) < 4.78 is 54.9. The van der Waals surface area contributed by atoms with E-state index in [-0.39, 0.29) is 11.1 Å². The van der Waals surface area contributed by atoms with E-state index in [0.29, 0.717) is 28.6 Å². The van der Waals surface area contributed by atoms with E-state index in [0.717, 1.165) is 0 Å². The molecule has 2 aromatic heterocycles. The van der Waals surface area contributed by atoms with Crippen molar-refractivity contribution in [3.05, 3.63) is 82.7 Å². The molecule has 26 heavy (non-hydrogen) atoms. The van der Waals surface area contributed by atoms with Gasteiger partial charge in [0, 0.05) is 34.7 Å². The van der Waals surface area contributed by atoms with Gasteiger partial charge >= 0.3 is 0 Å². The van der Waals surface area contributed by atoms with Crippen molar-refractivity contribution in [2.24, 2.45) is 0 Å². The number of pyridine rings is 2. The van der Waals surface area contributed by atoms with Gasteiger partial charge in [0.1, 0.15) is 6.07 Å². The molecule has 3 nitrogen and oxygen atoms in total. The lowest BCUT2D eigenvalue weighted by Crippen LogP contribution is -2.02. The summed E-state index contributed by atoms with van der Waals surface area (Å²) in [6, 6.07) is 8.77. The van der Waals surface area contributed by atoms with Crippen LogP contribution in [0.1, 0.15) is 16.7 Å². The predicted octanol–water partition coefficient (Wildman–Crippen LogP) is 4.50. The van der Waals surface area contributed by atoms with Gasteiger partial charge in [0.15, 0.2) is 23.3 Å². The molecule has 0 amide bonds. The standard InChI is InChI=1S/C19H7F4N3/c20-13-7-11(15(21)17(23)16(13)22)12(8-24)14-9-3-1-5-25-18(9)19-10(14)4-2-6-26-19/h1-7H. The SMILES string of the molecule is N#CC(=C1c2cccnc2-c2ncccc21)c1cc(F)c(F)c(F)c1F. The number of aromatic nitrogens is 2. The predicted molar refractivity (Wildman–Crippen MR) is 85.3 cm³/mol. The minimum atomic E-state index is -1.97. The molecule has 0 spiro atoms. The van der Waals surface area contributed by atoms with E-state index in [1.54, 1.807) is 30.3 Å². The normalized spacial score (nSPS) is 11.7. The lowest BCUT2D eigenvalue weighted by Gasteiger charge is -2.09. The molecule has 0 unspecified atom stereocenters. The number of rotatable bonds is 1. The Morgan fingerprint density at radius 2 is 1.42 bits per heavy atom. The molecule has 1 aliphatic rings. The van der Waals surface area contributed by atoms with Gasteiger partial charge in [0.2, 0.25) is 0 Å². The lowest BCUT2D eigenvalue weighted by atomic mass is 9.94. The van der Waals surface area contributed by atoms with Crippen molar-refractivity contribution in [1.29, 1.82) is 5.26 Å². The number of hydrogen-bond acceptors (Lipinski definition) is 3. The maximum Gasteiger partial charge on any atom is 0.198 e. The lowest BCUT2D eigenvalue weighted by molar-refractivity contribution is 0.408. The third-order valence-corrected chi connectivity index (χ3v) is 4.11. The van der Waals surface area contributed by atoms with Crippen LogP contribution in [0.5, 0.6) is 0 Å². The second kappa shape index (κ2) is 5.77. The van der Waals surface area contributed by atoms with Crippen LogP contribution in [0.3, 0.4) is 0 Å². The molecule has 0 bridgehead atoms. The first-order valence-corrected chi connectivity index (χ1v) is 7.43. The van der Waals surface area contributed by atoms with Crippen molar-refractivity contribution in [2.75, 3.05) is 0 Å². The van der Waals surface area contributed by atoms with Gasteiger partial charge in [-0.1, -0.05) is 12.1 Å². The molecule has 4 rings (SSSR count). The fourth-order valence-electron chi connectivity index (χ4n) is 3.01. The van der Waals surface area contributed by atoms with E-state index < -0.39 is 28.8 Å². The Labute approximate surface area is 144 Å². The molecule has 1 aromatic carbocycles. The molecule has 0 aliphatic heterocycles. The Morgan fingerprint density at radius 3 is 1.96 bits per heavy atom. The Balaban J connectivity index is 2.13. The summed E-state index contributed by atoms with van der Waals surface area (Å²) in [6.07, 6.45) is 3.06. The average Bonchev–Trinajstić information content (AvgIpc) is 3.00. The maximum absolute atomic E-state index is 14.3. The zero-order chi connectivity index (χ0) is 18.4. The summed E-state index contributed by atoms with van der Waals surface area (Å²) in [7, 11) is 0. The Morgan fingerprint density at radius 1 is 0.846 bits per heavy atom. The first kappa shape index (κ1) is 16.0. The van der Waals surface area contributed by atoms with Gasteiger partial charge < -0.3 is 0 Å². The topological polar surface area (TPSA) is 49.6 Å². The van der Waals surface area contributed by atoms with Crippen molar-refractivity contribution < 1.29 is 17.6 Å². The molecule has 7 heteroatoms. The molecular formula is C19H7F4N3. The van der Waals surface area contributed by atoms with Crippen LogP contribution in [0, 0.1) is 34.6 Å². The van der Waals surface area contributed by atoms with Gasteiger partial charge in [-0.15, -0.1) is 0 Å². The van der Waals surface area contributed by atoms with Crippen molar-refractivity contribution >= 4 is 11.1 Å².